The lowest BCUT2D eigenvalue weighted by atomic mass is 10.2. The molecule has 3 aromatic rings. The van der Waals surface area contributed by atoms with Crippen molar-refractivity contribution in [3.8, 4) is 6.07 Å². The molecule has 0 fully saturated rings. The van der Waals surface area contributed by atoms with Crippen LogP contribution in [0.4, 0.5) is 21.6 Å². The van der Waals surface area contributed by atoms with Crippen LogP contribution < -0.4 is 10.6 Å². The van der Waals surface area contributed by atoms with E-state index in [2.05, 4.69) is 20.8 Å². The number of para-hydroxylation sites is 1. The second-order valence-corrected chi connectivity index (χ2v) is 5.05. The highest BCUT2D eigenvalue weighted by molar-refractivity contribution is 6.03. The van der Waals surface area contributed by atoms with Crippen molar-refractivity contribution in [2.75, 3.05) is 10.6 Å². The Morgan fingerprint density at radius 2 is 1.88 bits per heavy atom. The van der Waals surface area contributed by atoms with Crippen molar-refractivity contribution in [3.05, 3.63) is 77.7 Å². The van der Waals surface area contributed by atoms with Gasteiger partial charge in [-0.15, -0.1) is 10.2 Å². The Hall–Kier alpha value is -3.79. The SMILES string of the molecule is N#Cc1ccccc1NC(=O)c1ccc(Nc2cccc(F)c2)nn1. The van der Waals surface area contributed by atoms with Crippen LogP contribution in [0.2, 0.25) is 0 Å². The van der Waals surface area contributed by atoms with Crippen molar-refractivity contribution in [2.24, 2.45) is 0 Å². The number of carbonyl (C=O) groups excluding carboxylic acids is 1. The van der Waals surface area contributed by atoms with Gasteiger partial charge < -0.3 is 10.6 Å². The fourth-order valence-electron chi connectivity index (χ4n) is 2.11. The predicted octanol–water partition coefficient (Wildman–Crippen LogP) is 3.48. The van der Waals surface area contributed by atoms with Crippen LogP contribution in [0.5, 0.6) is 0 Å². The van der Waals surface area contributed by atoms with Crippen LogP contribution >= 0.6 is 0 Å². The summed E-state index contributed by atoms with van der Waals surface area (Å²) in [4.78, 5) is 12.2. The number of aromatic nitrogens is 2. The minimum atomic E-state index is -0.479. The van der Waals surface area contributed by atoms with Gasteiger partial charge in [-0.2, -0.15) is 5.26 Å². The summed E-state index contributed by atoms with van der Waals surface area (Å²) in [5, 5.41) is 22.3. The van der Waals surface area contributed by atoms with E-state index in [1.165, 1.54) is 18.2 Å². The number of nitrogens with zero attached hydrogens (tertiary/aromatic N) is 3. The molecule has 122 valence electrons. The van der Waals surface area contributed by atoms with Gasteiger partial charge in [0.15, 0.2) is 11.5 Å². The van der Waals surface area contributed by atoms with Crippen molar-refractivity contribution >= 4 is 23.1 Å². The second-order valence-electron chi connectivity index (χ2n) is 5.05. The molecular formula is C18H12FN5O. The molecule has 0 radical (unpaired) electrons. The van der Waals surface area contributed by atoms with Crippen LogP contribution in [0.15, 0.2) is 60.7 Å². The topological polar surface area (TPSA) is 90.7 Å². The fraction of sp³-hybridized carbons (Fsp3) is 0. The molecule has 0 bridgehead atoms. The third kappa shape index (κ3) is 3.95. The number of nitrogens with one attached hydrogen (secondary N) is 2. The van der Waals surface area contributed by atoms with Crippen LogP contribution in [-0.4, -0.2) is 16.1 Å². The van der Waals surface area contributed by atoms with E-state index in [0.29, 0.717) is 22.8 Å². The number of nitriles is 1. The van der Waals surface area contributed by atoms with E-state index in [1.54, 1.807) is 42.5 Å². The lowest BCUT2D eigenvalue weighted by Gasteiger charge is -2.07. The van der Waals surface area contributed by atoms with Crippen LogP contribution in [0.1, 0.15) is 16.1 Å². The monoisotopic (exact) mass is 333 g/mol. The third-order valence-electron chi connectivity index (χ3n) is 3.29. The van der Waals surface area contributed by atoms with Crippen LogP contribution in [0.3, 0.4) is 0 Å². The molecule has 7 heteroatoms. The zero-order valence-corrected chi connectivity index (χ0v) is 12.9. The van der Waals surface area contributed by atoms with E-state index in [-0.39, 0.29) is 11.5 Å². The Morgan fingerprint density at radius 1 is 1.04 bits per heavy atom. The van der Waals surface area contributed by atoms with Crippen molar-refractivity contribution in [1.82, 2.24) is 10.2 Å². The molecule has 0 atom stereocenters. The Bertz CT molecular complexity index is 950. The number of halogens is 1. The zero-order valence-electron chi connectivity index (χ0n) is 12.9. The van der Waals surface area contributed by atoms with Crippen molar-refractivity contribution in [1.29, 1.82) is 5.26 Å². The smallest absolute Gasteiger partial charge is 0.276 e. The Kier molecular flexibility index (Phi) is 4.62. The largest absolute Gasteiger partial charge is 0.339 e. The van der Waals surface area contributed by atoms with Crippen LogP contribution in [0.25, 0.3) is 0 Å². The van der Waals surface area contributed by atoms with Gasteiger partial charge in [-0.3, -0.25) is 4.79 Å². The number of hydrogen-bond donors (Lipinski definition) is 2. The van der Waals surface area contributed by atoms with Gasteiger partial charge in [0, 0.05) is 5.69 Å². The highest BCUT2D eigenvalue weighted by Crippen LogP contribution is 2.16. The van der Waals surface area contributed by atoms with E-state index in [0.717, 1.165) is 0 Å². The van der Waals surface area contributed by atoms with Gasteiger partial charge in [0.25, 0.3) is 5.91 Å². The standard InChI is InChI=1S/C18H12FN5O/c19-13-5-3-6-14(10-13)21-17-9-8-16(23-24-17)18(25)22-15-7-2-1-4-12(15)11-20/h1-10H,(H,21,24)(H,22,25). The summed E-state index contributed by atoms with van der Waals surface area (Å²) >= 11 is 0. The number of hydrogen-bond acceptors (Lipinski definition) is 5. The molecule has 0 spiro atoms. The minimum absolute atomic E-state index is 0.0949. The highest BCUT2D eigenvalue weighted by atomic mass is 19.1. The van der Waals surface area contributed by atoms with Gasteiger partial charge in [-0.25, -0.2) is 4.39 Å². The summed E-state index contributed by atoms with van der Waals surface area (Å²) in [6.45, 7) is 0. The molecule has 0 saturated heterocycles. The molecular weight excluding hydrogens is 321 g/mol. The number of benzene rings is 2. The highest BCUT2D eigenvalue weighted by Gasteiger charge is 2.11. The number of rotatable bonds is 4. The molecule has 6 nitrogen and oxygen atoms in total. The summed E-state index contributed by atoms with van der Waals surface area (Å²) < 4.78 is 13.2. The van der Waals surface area contributed by atoms with Gasteiger partial charge in [0.1, 0.15) is 11.9 Å². The lowest BCUT2D eigenvalue weighted by molar-refractivity contribution is 0.102. The van der Waals surface area contributed by atoms with E-state index in [4.69, 9.17) is 5.26 Å². The van der Waals surface area contributed by atoms with Gasteiger partial charge in [-0.05, 0) is 42.5 Å². The molecule has 3 rings (SSSR count). The predicted molar refractivity (Wildman–Crippen MR) is 90.8 cm³/mol. The molecule has 25 heavy (non-hydrogen) atoms. The van der Waals surface area contributed by atoms with Crippen molar-refractivity contribution in [3.63, 3.8) is 0 Å². The number of anilines is 3. The summed E-state index contributed by atoms with van der Waals surface area (Å²) in [7, 11) is 0. The fourth-order valence-corrected chi connectivity index (χ4v) is 2.11. The Labute approximate surface area is 143 Å². The summed E-state index contributed by atoms with van der Waals surface area (Å²) in [5.74, 6) is -0.475. The molecule has 1 aromatic heterocycles. The van der Waals surface area contributed by atoms with Crippen LogP contribution in [-0.2, 0) is 0 Å². The second kappa shape index (κ2) is 7.19. The maximum absolute atomic E-state index is 13.2. The zero-order chi connectivity index (χ0) is 17.6. The van der Waals surface area contributed by atoms with E-state index >= 15 is 0 Å². The molecule has 0 saturated carbocycles. The van der Waals surface area contributed by atoms with Gasteiger partial charge >= 0.3 is 0 Å². The molecule has 0 aliphatic carbocycles. The minimum Gasteiger partial charge on any atom is -0.339 e. The molecule has 2 N–H and O–H groups in total. The first kappa shape index (κ1) is 16.1. The first-order valence-electron chi connectivity index (χ1n) is 7.32. The molecule has 1 heterocycles. The number of amides is 1. The van der Waals surface area contributed by atoms with E-state index in [1.807, 2.05) is 6.07 Å². The molecule has 2 aromatic carbocycles. The van der Waals surface area contributed by atoms with Gasteiger partial charge in [0.05, 0.1) is 11.3 Å². The molecule has 0 aliphatic heterocycles. The number of carbonyl (C=O) groups is 1. The van der Waals surface area contributed by atoms with Crippen molar-refractivity contribution < 1.29 is 9.18 Å². The first-order chi connectivity index (χ1) is 12.2. The summed E-state index contributed by atoms with van der Waals surface area (Å²) in [6, 6.07) is 17.6. The molecule has 1 amide bonds. The summed E-state index contributed by atoms with van der Waals surface area (Å²) in [5.41, 5.74) is 1.37. The van der Waals surface area contributed by atoms with Gasteiger partial charge in [0.2, 0.25) is 0 Å². The third-order valence-corrected chi connectivity index (χ3v) is 3.29. The Morgan fingerprint density at radius 3 is 2.60 bits per heavy atom. The average Bonchev–Trinajstić information content (AvgIpc) is 2.63. The van der Waals surface area contributed by atoms with Crippen LogP contribution in [0, 0.1) is 17.1 Å². The maximum atomic E-state index is 13.2. The maximum Gasteiger partial charge on any atom is 0.276 e. The normalized spacial score (nSPS) is 9.92. The molecule has 0 unspecified atom stereocenters. The van der Waals surface area contributed by atoms with Gasteiger partial charge in [-0.1, -0.05) is 18.2 Å². The Balaban J connectivity index is 1.71. The first-order valence-corrected chi connectivity index (χ1v) is 7.32. The average molecular weight is 333 g/mol. The summed E-state index contributed by atoms with van der Waals surface area (Å²) in [6.07, 6.45) is 0. The van der Waals surface area contributed by atoms with E-state index < -0.39 is 5.91 Å². The van der Waals surface area contributed by atoms with E-state index in [9.17, 15) is 9.18 Å². The van der Waals surface area contributed by atoms with Crippen molar-refractivity contribution in [2.45, 2.75) is 0 Å². The molecule has 0 aliphatic rings. The lowest BCUT2D eigenvalue weighted by Crippen LogP contribution is -2.15. The quantitative estimate of drug-likeness (QED) is 0.763.